The molecule has 98 valence electrons. The zero-order valence-corrected chi connectivity index (χ0v) is 11.4. The lowest BCUT2D eigenvalue weighted by Gasteiger charge is -2.37. The molecule has 0 spiro atoms. The molecular weight excluding hydrogens is 212 g/mol. The first-order chi connectivity index (χ1) is 7.99. The Hall–Kier alpha value is -0.570. The summed E-state index contributed by atoms with van der Waals surface area (Å²) in [4.78, 5) is 14.5. The van der Waals surface area contributed by atoms with Crippen LogP contribution in [0.15, 0.2) is 0 Å². The fourth-order valence-electron chi connectivity index (χ4n) is 3.40. The second-order valence-electron chi connectivity index (χ2n) is 6.37. The summed E-state index contributed by atoms with van der Waals surface area (Å²) in [5.41, 5.74) is 6.12. The van der Waals surface area contributed by atoms with Crippen LogP contribution < -0.4 is 5.73 Å². The normalized spacial score (nSPS) is 42.8. The molecule has 17 heavy (non-hydrogen) atoms. The number of carbonyl (C=O) groups excluding carboxylic acids is 1. The van der Waals surface area contributed by atoms with Gasteiger partial charge in [-0.1, -0.05) is 20.8 Å². The number of rotatable bonds is 1. The molecule has 5 unspecified atom stereocenters. The van der Waals surface area contributed by atoms with Crippen LogP contribution in [0.5, 0.6) is 0 Å². The van der Waals surface area contributed by atoms with Gasteiger partial charge in [0.15, 0.2) is 0 Å². The highest BCUT2D eigenvalue weighted by atomic mass is 16.2. The largest absolute Gasteiger partial charge is 0.342 e. The molecule has 1 aliphatic heterocycles. The molecule has 3 heteroatoms. The predicted octanol–water partition coefficient (Wildman–Crippen LogP) is 1.86. The zero-order chi connectivity index (χ0) is 12.6. The SMILES string of the molecule is CC1CCN(C(=O)C2CC(N)C(C)CC2C)C1. The molecule has 2 rings (SSSR count). The lowest BCUT2D eigenvalue weighted by atomic mass is 9.72. The van der Waals surface area contributed by atoms with Gasteiger partial charge in [0.25, 0.3) is 0 Å². The van der Waals surface area contributed by atoms with Crippen molar-refractivity contribution in [3.63, 3.8) is 0 Å². The monoisotopic (exact) mass is 238 g/mol. The predicted molar refractivity (Wildman–Crippen MR) is 69.4 cm³/mol. The van der Waals surface area contributed by atoms with Gasteiger partial charge in [0.2, 0.25) is 5.91 Å². The van der Waals surface area contributed by atoms with Crippen LogP contribution in [0.2, 0.25) is 0 Å². The van der Waals surface area contributed by atoms with E-state index < -0.39 is 0 Å². The van der Waals surface area contributed by atoms with Crippen molar-refractivity contribution in [3.05, 3.63) is 0 Å². The van der Waals surface area contributed by atoms with E-state index in [1.165, 1.54) is 0 Å². The first kappa shape index (κ1) is 12.9. The molecule has 0 aromatic carbocycles. The molecule has 2 N–H and O–H groups in total. The first-order valence-corrected chi connectivity index (χ1v) is 7.03. The number of hydrogen-bond donors (Lipinski definition) is 1. The van der Waals surface area contributed by atoms with Crippen LogP contribution in [-0.4, -0.2) is 29.9 Å². The number of hydrogen-bond acceptors (Lipinski definition) is 2. The second-order valence-corrected chi connectivity index (χ2v) is 6.37. The van der Waals surface area contributed by atoms with Crippen LogP contribution in [0.1, 0.15) is 40.0 Å². The van der Waals surface area contributed by atoms with Crippen molar-refractivity contribution in [1.29, 1.82) is 0 Å². The molecule has 5 atom stereocenters. The van der Waals surface area contributed by atoms with Gasteiger partial charge < -0.3 is 10.6 Å². The minimum atomic E-state index is 0.173. The zero-order valence-electron chi connectivity index (χ0n) is 11.4. The van der Waals surface area contributed by atoms with Crippen LogP contribution in [-0.2, 0) is 4.79 Å². The van der Waals surface area contributed by atoms with Crippen LogP contribution >= 0.6 is 0 Å². The Morgan fingerprint density at radius 1 is 1.18 bits per heavy atom. The summed E-state index contributed by atoms with van der Waals surface area (Å²) < 4.78 is 0. The number of likely N-dealkylation sites (tertiary alicyclic amines) is 1. The molecule has 2 fully saturated rings. The molecule has 1 saturated heterocycles. The highest BCUT2D eigenvalue weighted by Gasteiger charge is 2.38. The van der Waals surface area contributed by atoms with Crippen LogP contribution in [0.3, 0.4) is 0 Å². The Kier molecular flexibility index (Phi) is 3.76. The molecular formula is C14H26N2O. The Labute approximate surface area is 105 Å². The van der Waals surface area contributed by atoms with Gasteiger partial charge in [0.05, 0.1) is 0 Å². The minimum absolute atomic E-state index is 0.173. The molecule has 1 amide bonds. The molecule has 1 aliphatic carbocycles. The fraction of sp³-hybridized carbons (Fsp3) is 0.929. The maximum Gasteiger partial charge on any atom is 0.226 e. The highest BCUT2D eigenvalue weighted by molar-refractivity contribution is 5.79. The van der Waals surface area contributed by atoms with Crippen LogP contribution in [0, 0.1) is 23.7 Å². The number of nitrogens with zero attached hydrogens (tertiary/aromatic N) is 1. The second kappa shape index (κ2) is 4.97. The van der Waals surface area contributed by atoms with Crippen LogP contribution in [0.25, 0.3) is 0 Å². The molecule has 0 radical (unpaired) electrons. The van der Waals surface area contributed by atoms with E-state index in [2.05, 4.69) is 25.7 Å². The van der Waals surface area contributed by atoms with E-state index in [0.717, 1.165) is 32.4 Å². The van der Waals surface area contributed by atoms with Gasteiger partial charge in [-0.3, -0.25) is 4.79 Å². The van der Waals surface area contributed by atoms with E-state index in [1.807, 2.05) is 0 Å². The molecule has 3 nitrogen and oxygen atoms in total. The summed E-state index contributed by atoms with van der Waals surface area (Å²) in [5, 5.41) is 0. The van der Waals surface area contributed by atoms with E-state index in [1.54, 1.807) is 0 Å². The van der Waals surface area contributed by atoms with E-state index in [-0.39, 0.29) is 12.0 Å². The Bertz CT molecular complexity index is 292. The Morgan fingerprint density at radius 2 is 1.88 bits per heavy atom. The third-order valence-corrected chi connectivity index (χ3v) is 4.74. The summed E-state index contributed by atoms with van der Waals surface area (Å²) in [7, 11) is 0. The smallest absolute Gasteiger partial charge is 0.226 e. The van der Waals surface area contributed by atoms with Crippen molar-refractivity contribution in [3.8, 4) is 0 Å². The van der Waals surface area contributed by atoms with E-state index >= 15 is 0 Å². The summed E-state index contributed by atoms with van der Waals surface area (Å²) in [6.45, 7) is 8.55. The summed E-state index contributed by atoms with van der Waals surface area (Å²) in [5.74, 6) is 2.26. The number of carbonyl (C=O) groups is 1. The van der Waals surface area contributed by atoms with E-state index in [9.17, 15) is 4.79 Å². The topological polar surface area (TPSA) is 46.3 Å². The van der Waals surface area contributed by atoms with Crippen molar-refractivity contribution >= 4 is 5.91 Å². The molecule has 1 heterocycles. The van der Waals surface area contributed by atoms with Gasteiger partial charge in [-0.15, -0.1) is 0 Å². The minimum Gasteiger partial charge on any atom is -0.342 e. The maximum atomic E-state index is 12.5. The summed E-state index contributed by atoms with van der Waals surface area (Å²) >= 11 is 0. The fourth-order valence-corrected chi connectivity index (χ4v) is 3.40. The number of amides is 1. The van der Waals surface area contributed by atoms with Crippen molar-refractivity contribution in [2.45, 2.75) is 46.1 Å². The van der Waals surface area contributed by atoms with Gasteiger partial charge in [-0.05, 0) is 37.0 Å². The van der Waals surface area contributed by atoms with Gasteiger partial charge in [0, 0.05) is 25.0 Å². The molecule has 2 aliphatic rings. The van der Waals surface area contributed by atoms with Crippen molar-refractivity contribution < 1.29 is 4.79 Å². The van der Waals surface area contributed by atoms with Gasteiger partial charge in [0.1, 0.15) is 0 Å². The third kappa shape index (κ3) is 2.65. The van der Waals surface area contributed by atoms with Crippen molar-refractivity contribution in [1.82, 2.24) is 4.90 Å². The van der Waals surface area contributed by atoms with Gasteiger partial charge >= 0.3 is 0 Å². The standard InChI is InChI=1S/C14H26N2O/c1-9-4-5-16(8-9)14(17)12-7-13(15)11(3)6-10(12)2/h9-13H,4-8,15H2,1-3H3. The lowest BCUT2D eigenvalue weighted by molar-refractivity contribution is -0.138. The van der Waals surface area contributed by atoms with E-state index in [4.69, 9.17) is 5.73 Å². The molecule has 1 saturated carbocycles. The van der Waals surface area contributed by atoms with E-state index in [0.29, 0.717) is 23.7 Å². The first-order valence-electron chi connectivity index (χ1n) is 7.03. The Balaban J connectivity index is 1.99. The van der Waals surface area contributed by atoms with Gasteiger partial charge in [-0.25, -0.2) is 0 Å². The summed E-state index contributed by atoms with van der Waals surface area (Å²) in [6.07, 6.45) is 3.14. The maximum absolute atomic E-state index is 12.5. The highest BCUT2D eigenvalue weighted by Crippen LogP contribution is 2.34. The van der Waals surface area contributed by atoms with Gasteiger partial charge in [-0.2, -0.15) is 0 Å². The number of nitrogens with two attached hydrogens (primary N) is 1. The average molecular weight is 238 g/mol. The third-order valence-electron chi connectivity index (χ3n) is 4.74. The summed E-state index contributed by atoms with van der Waals surface area (Å²) in [6, 6.07) is 0.208. The Morgan fingerprint density at radius 3 is 2.47 bits per heavy atom. The van der Waals surface area contributed by atoms with Crippen molar-refractivity contribution in [2.75, 3.05) is 13.1 Å². The molecule has 0 aromatic rings. The quantitative estimate of drug-likeness (QED) is 0.758. The van der Waals surface area contributed by atoms with Crippen LogP contribution in [0.4, 0.5) is 0 Å². The van der Waals surface area contributed by atoms with Crippen molar-refractivity contribution in [2.24, 2.45) is 29.4 Å². The average Bonchev–Trinajstić information content (AvgIpc) is 2.69. The molecule has 0 bridgehead atoms. The molecule has 0 aromatic heterocycles. The lowest BCUT2D eigenvalue weighted by Crippen LogP contribution is -2.46.